The van der Waals surface area contributed by atoms with E-state index < -0.39 is 10.0 Å². The molecule has 32 heavy (non-hydrogen) atoms. The van der Waals surface area contributed by atoms with Crippen LogP contribution in [0.15, 0.2) is 47.4 Å². The number of sulfonamides is 1. The third-order valence-electron chi connectivity index (χ3n) is 5.53. The topological polar surface area (TPSA) is 94.2 Å². The highest BCUT2D eigenvalue weighted by Crippen LogP contribution is 2.32. The van der Waals surface area contributed by atoms with Crippen molar-refractivity contribution in [3.05, 3.63) is 53.6 Å². The summed E-state index contributed by atoms with van der Waals surface area (Å²) in [5.41, 5.74) is 1.15. The highest BCUT2D eigenvalue weighted by atomic mass is 32.2. The first-order valence-electron chi connectivity index (χ1n) is 10.7. The Balaban J connectivity index is 1.50. The minimum atomic E-state index is -3.73. The van der Waals surface area contributed by atoms with E-state index in [1.807, 2.05) is 39.0 Å². The number of nitrogens with zero attached hydrogens (tertiary/aromatic N) is 1. The van der Waals surface area contributed by atoms with Crippen molar-refractivity contribution in [1.29, 1.82) is 0 Å². The Morgan fingerprint density at radius 3 is 2.44 bits per heavy atom. The average Bonchev–Trinajstić information content (AvgIpc) is 2.78. The number of nitrogens with one attached hydrogen (secondary N) is 1. The number of ether oxygens (including phenoxy) is 3. The van der Waals surface area contributed by atoms with Crippen LogP contribution in [0.4, 0.5) is 0 Å². The van der Waals surface area contributed by atoms with E-state index in [2.05, 4.69) is 5.32 Å². The molecular weight excluding hydrogens is 432 g/mol. The van der Waals surface area contributed by atoms with Gasteiger partial charge < -0.3 is 19.5 Å². The van der Waals surface area contributed by atoms with E-state index in [1.165, 1.54) is 16.4 Å². The summed E-state index contributed by atoms with van der Waals surface area (Å²) in [4.78, 5) is 13.0. The zero-order valence-corrected chi connectivity index (χ0v) is 19.2. The summed E-state index contributed by atoms with van der Waals surface area (Å²) in [6.07, 6.45) is -0.376. The largest absolute Gasteiger partial charge is 0.486 e. The maximum atomic E-state index is 13.1. The fourth-order valence-corrected chi connectivity index (χ4v) is 5.60. The van der Waals surface area contributed by atoms with Crippen molar-refractivity contribution in [2.45, 2.75) is 43.9 Å². The van der Waals surface area contributed by atoms with Crippen molar-refractivity contribution >= 4 is 15.9 Å². The van der Waals surface area contributed by atoms with Crippen LogP contribution in [0, 0.1) is 0 Å². The normalized spacial score (nSPS) is 22.2. The summed E-state index contributed by atoms with van der Waals surface area (Å²) in [7, 11) is -3.73. The van der Waals surface area contributed by atoms with Crippen LogP contribution in [-0.2, 0) is 14.8 Å². The molecular formula is C23H28N2O6S. The van der Waals surface area contributed by atoms with Crippen LogP contribution in [0.1, 0.15) is 42.7 Å². The van der Waals surface area contributed by atoms with Crippen molar-refractivity contribution in [3.63, 3.8) is 0 Å². The number of hydrogen-bond donors (Lipinski definition) is 1. The molecule has 0 bridgehead atoms. The molecule has 2 aliphatic rings. The second kappa shape index (κ2) is 9.09. The maximum absolute atomic E-state index is 13.1. The van der Waals surface area contributed by atoms with Crippen LogP contribution in [-0.4, -0.2) is 57.1 Å². The minimum absolute atomic E-state index is 0.0958. The molecule has 1 N–H and O–H groups in total. The highest BCUT2D eigenvalue weighted by molar-refractivity contribution is 7.89. The van der Waals surface area contributed by atoms with Gasteiger partial charge in [0.15, 0.2) is 11.5 Å². The van der Waals surface area contributed by atoms with Gasteiger partial charge in [0.2, 0.25) is 10.0 Å². The molecule has 1 saturated heterocycles. The van der Waals surface area contributed by atoms with Crippen molar-refractivity contribution in [3.8, 4) is 11.5 Å². The van der Waals surface area contributed by atoms with Gasteiger partial charge in [-0.2, -0.15) is 4.31 Å². The average molecular weight is 461 g/mol. The monoisotopic (exact) mass is 460 g/mol. The van der Waals surface area contributed by atoms with Gasteiger partial charge in [-0.25, -0.2) is 8.42 Å². The third kappa shape index (κ3) is 4.74. The Labute approximate surface area is 188 Å². The summed E-state index contributed by atoms with van der Waals surface area (Å²) < 4.78 is 44.5. The van der Waals surface area contributed by atoms with Crippen molar-refractivity contribution in [2.24, 2.45) is 0 Å². The number of carbonyl (C=O) groups is 1. The Bertz CT molecular complexity index is 1090. The first-order valence-corrected chi connectivity index (χ1v) is 12.1. The summed E-state index contributed by atoms with van der Waals surface area (Å²) in [5.74, 6) is 0.980. The summed E-state index contributed by atoms with van der Waals surface area (Å²) in [6.45, 7) is 7.12. The smallest absolute Gasteiger partial charge is 0.251 e. The predicted octanol–water partition coefficient (Wildman–Crippen LogP) is 2.75. The lowest BCUT2D eigenvalue weighted by Gasteiger charge is -2.34. The minimum Gasteiger partial charge on any atom is -0.486 e. The Hall–Kier alpha value is -2.62. The van der Waals surface area contributed by atoms with E-state index in [1.54, 1.807) is 12.1 Å². The van der Waals surface area contributed by atoms with Crippen LogP contribution in [0.5, 0.6) is 11.5 Å². The molecule has 0 aliphatic carbocycles. The fraction of sp³-hybridized carbons (Fsp3) is 0.435. The molecule has 2 aromatic rings. The summed E-state index contributed by atoms with van der Waals surface area (Å²) in [6, 6.07) is 11.4. The number of benzene rings is 2. The van der Waals surface area contributed by atoms with Gasteiger partial charge in [-0.15, -0.1) is 0 Å². The summed E-state index contributed by atoms with van der Waals surface area (Å²) >= 11 is 0. The molecule has 3 atom stereocenters. The number of rotatable bonds is 5. The second-order valence-corrected chi connectivity index (χ2v) is 10.1. The number of hydrogen-bond acceptors (Lipinski definition) is 6. The Morgan fingerprint density at radius 1 is 1.03 bits per heavy atom. The van der Waals surface area contributed by atoms with Crippen LogP contribution in [0.2, 0.25) is 0 Å². The standard InChI is InChI=1S/C23H28N2O6S/c1-15-13-25(14-16(2)31-15)32(27,28)20-6-4-5-19(11-20)23(26)24-17(3)18-7-8-21-22(12-18)30-10-9-29-21/h4-8,11-12,15-17H,9-10,13-14H2,1-3H3,(H,24,26). The number of amides is 1. The van der Waals surface area contributed by atoms with E-state index >= 15 is 0 Å². The quantitative estimate of drug-likeness (QED) is 0.737. The molecule has 0 saturated carbocycles. The molecule has 172 valence electrons. The number of carbonyl (C=O) groups excluding carboxylic acids is 1. The van der Waals surface area contributed by atoms with Crippen molar-refractivity contribution in [2.75, 3.05) is 26.3 Å². The van der Waals surface area contributed by atoms with Gasteiger partial charge in [0, 0.05) is 18.7 Å². The van der Waals surface area contributed by atoms with Gasteiger partial charge in [-0.05, 0) is 56.7 Å². The molecule has 2 aromatic carbocycles. The van der Waals surface area contributed by atoms with Crippen molar-refractivity contribution in [1.82, 2.24) is 9.62 Å². The second-order valence-electron chi connectivity index (χ2n) is 8.21. The van der Waals surface area contributed by atoms with Crippen LogP contribution in [0.3, 0.4) is 0 Å². The van der Waals surface area contributed by atoms with Crippen LogP contribution < -0.4 is 14.8 Å². The van der Waals surface area contributed by atoms with Gasteiger partial charge in [0.05, 0.1) is 23.1 Å². The first kappa shape index (κ1) is 22.6. The van der Waals surface area contributed by atoms with Crippen LogP contribution >= 0.6 is 0 Å². The number of fused-ring (bicyclic) bond motifs is 1. The lowest BCUT2D eigenvalue weighted by Crippen LogP contribution is -2.48. The Kier molecular flexibility index (Phi) is 6.41. The first-order chi connectivity index (χ1) is 15.2. The van der Waals surface area contributed by atoms with Gasteiger partial charge in [-0.1, -0.05) is 12.1 Å². The molecule has 1 amide bonds. The third-order valence-corrected chi connectivity index (χ3v) is 7.36. The molecule has 2 heterocycles. The van der Waals surface area contributed by atoms with Gasteiger partial charge in [0.1, 0.15) is 13.2 Å². The zero-order chi connectivity index (χ0) is 22.9. The molecule has 0 aromatic heterocycles. The van der Waals surface area contributed by atoms with E-state index in [4.69, 9.17) is 14.2 Å². The predicted molar refractivity (Wildman–Crippen MR) is 119 cm³/mol. The van der Waals surface area contributed by atoms with E-state index in [0.717, 1.165) is 5.56 Å². The molecule has 3 unspecified atom stereocenters. The number of morpholine rings is 1. The van der Waals surface area contributed by atoms with Crippen LogP contribution in [0.25, 0.3) is 0 Å². The molecule has 1 fully saturated rings. The highest BCUT2D eigenvalue weighted by Gasteiger charge is 2.32. The van der Waals surface area contributed by atoms with Gasteiger partial charge in [0.25, 0.3) is 5.91 Å². The molecule has 2 aliphatic heterocycles. The maximum Gasteiger partial charge on any atom is 0.251 e. The van der Waals surface area contributed by atoms with Gasteiger partial charge in [-0.3, -0.25) is 4.79 Å². The van der Waals surface area contributed by atoms with E-state index in [0.29, 0.717) is 24.7 Å². The van der Waals surface area contributed by atoms with Gasteiger partial charge >= 0.3 is 0 Å². The zero-order valence-electron chi connectivity index (χ0n) is 18.4. The molecule has 0 spiro atoms. The molecule has 0 radical (unpaired) electrons. The van der Waals surface area contributed by atoms with E-state index in [-0.39, 0.29) is 47.7 Å². The summed E-state index contributed by atoms with van der Waals surface area (Å²) in [5, 5.41) is 2.93. The fourth-order valence-electron chi connectivity index (χ4n) is 3.97. The molecule has 8 nitrogen and oxygen atoms in total. The van der Waals surface area contributed by atoms with Crippen molar-refractivity contribution < 1.29 is 27.4 Å². The SMILES string of the molecule is CC1CN(S(=O)(=O)c2cccc(C(=O)NC(C)c3ccc4c(c3)OCCO4)c2)CC(C)O1. The lowest BCUT2D eigenvalue weighted by molar-refractivity contribution is -0.0440. The molecule has 9 heteroatoms. The lowest BCUT2D eigenvalue weighted by atomic mass is 10.1. The van der Waals surface area contributed by atoms with E-state index in [9.17, 15) is 13.2 Å². The molecule has 4 rings (SSSR count). The Morgan fingerprint density at radius 2 is 1.72 bits per heavy atom.